The van der Waals surface area contributed by atoms with Gasteiger partial charge in [0.05, 0.1) is 5.92 Å². The Morgan fingerprint density at radius 1 is 1.42 bits per heavy atom. The maximum atomic E-state index is 12.5. The Labute approximate surface area is 139 Å². The minimum Gasteiger partial charge on any atom is -0.481 e. The average molecular weight is 338 g/mol. The zero-order valence-corrected chi connectivity index (χ0v) is 13.2. The van der Waals surface area contributed by atoms with E-state index >= 15 is 0 Å². The fourth-order valence-corrected chi connectivity index (χ4v) is 2.86. The van der Waals surface area contributed by atoms with Gasteiger partial charge in [-0.25, -0.2) is 4.98 Å². The summed E-state index contributed by atoms with van der Waals surface area (Å²) >= 11 is 0. The van der Waals surface area contributed by atoms with Gasteiger partial charge < -0.3 is 25.9 Å². The molecule has 9 nitrogen and oxygen atoms in total. The number of hydrogen-bond donors (Lipinski definition) is 4. The van der Waals surface area contributed by atoms with E-state index in [-0.39, 0.29) is 5.69 Å². The Bertz CT molecular complexity index is 574. The van der Waals surface area contributed by atoms with Gasteiger partial charge in [0.25, 0.3) is 5.91 Å². The Hall–Kier alpha value is -2.42. The molecule has 132 valence electrons. The van der Waals surface area contributed by atoms with Crippen molar-refractivity contribution in [1.82, 2.24) is 15.6 Å². The van der Waals surface area contributed by atoms with E-state index in [0.717, 1.165) is 12.8 Å². The van der Waals surface area contributed by atoms with E-state index in [2.05, 4.69) is 15.6 Å². The van der Waals surface area contributed by atoms with Crippen LogP contribution in [0.1, 0.15) is 42.6 Å². The molecule has 1 fully saturated rings. The summed E-state index contributed by atoms with van der Waals surface area (Å²) in [6.07, 6.45) is 5.12. The van der Waals surface area contributed by atoms with Crippen molar-refractivity contribution in [1.29, 1.82) is 0 Å². The molecule has 2 rings (SSSR count). The molecular weight excluding hydrogens is 316 g/mol. The largest absolute Gasteiger partial charge is 0.481 e. The second-order valence-electron chi connectivity index (χ2n) is 5.82. The molecule has 3 atom stereocenters. The molecule has 0 radical (unpaired) electrons. The van der Waals surface area contributed by atoms with Gasteiger partial charge in [0.15, 0.2) is 12.1 Å². The molecule has 0 spiro atoms. The van der Waals surface area contributed by atoms with Crippen molar-refractivity contribution >= 4 is 17.8 Å². The molecular formula is C15H22N4O5. The Morgan fingerprint density at radius 2 is 2.21 bits per heavy atom. The summed E-state index contributed by atoms with van der Waals surface area (Å²) in [5.41, 5.74) is 5.55. The van der Waals surface area contributed by atoms with Gasteiger partial charge in [0.2, 0.25) is 5.91 Å². The summed E-state index contributed by atoms with van der Waals surface area (Å²) in [7, 11) is 0. The van der Waals surface area contributed by atoms with Crippen LogP contribution in [0.15, 0.2) is 17.1 Å². The molecule has 0 bridgehead atoms. The number of aromatic nitrogens is 1. The molecule has 1 aromatic rings. The number of carbonyl (C=O) groups is 3. The molecule has 1 aromatic heterocycles. The molecule has 1 aliphatic carbocycles. The molecule has 9 heteroatoms. The minimum atomic E-state index is -0.914. The number of nitrogens with two attached hydrogens (primary N) is 1. The van der Waals surface area contributed by atoms with Crippen molar-refractivity contribution in [2.45, 2.75) is 44.2 Å². The lowest BCUT2D eigenvalue weighted by atomic mass is 10.0. The summed E-state index contributed by atoms with van der Waals surface area (Å²) < 4.78 is 4.75. The predicted octanol–water partition coefficient (Wildman–Crippen LogP) is -0.119. The topological polar surface area (TPSA) is 148 Å². The summed E-state index contributed by atoms with van der Waals surface area (Å²) in [6.45, 7) is 0.380. The first-order valence-electron chi connectivity index (χ1n) is 7.95. The van der Waals surface area contributed by atoms with Crippen LogP contribution in [0.25, 0.3) is 0 Å². The van der Waals surface area contributed by atoms with E-state index in [1.54, 1.807) is 0 Å². The molecule has 24 heavy (non-hydrogen) atoms. The van der Waals surface area contributed by atoms with Gasteiger partial charge in [0.1, 0.15) is 12.3 Å². The zero-order chi connectivity index (χ0) is 17.5. The van der Waals surface area contributed by atoms with Crippen LogP contribution in [0.2, 0.25) is 0 Å². The predicted molar refractivity (Wildman–Crippen MR) is 83.0 cm³/mol. The average Bonchev–Trinajstić information content (AvgIpc) is 3.22. The van der Waals surface area contributed by atoms with Gasteiger partial charge in [-0.2, -0.15) is 0 Å². The van der Waals surface area contributed by atoms with E-state index in [9.17, 15) is 19.5 Å². The van der Waals surface area contributed by atoms with Crippen LogP contribution in [0.3, 0.4) is 0 Å². The molecule has 1 heterocycles. The Morgan fingerprint density at radius 3 is 2.83 bits per heavy atom. The SMILES string of the molecule is NCCC[C@H](NC(=O)c1cocn1)C(=O)N[C@H]1CCC[C@H]1C(=O)O. The van der Waals surface area contributed by atoms with Gasteiger partial charge in [-0.15, -0.1) is 0 Å². The first-order valence-corrected chi connectivity index (χ1v) is 7.95. The number of oxazole rings is 1. The Balaban J connectivity index is 1.99. The summed E-state index contributed by atoms with van der Waals surface area (Å²) in [5, 5.41) is 14.5. The smallest absolute Gasteiger partial charge is 0.308 e. The number of carboxylic acid groups (broad SMARTS) is 1. The van der Waals surface area contributed by atoms with Gasteiger partial charge >= 0.3 is 5.97 Å². The molecule has 1 saturated carbocycles. The highest BCUT2D eigenvalue weighted by Crippen LogP contribution is 2.26. The van der Waals surface area contributed by atoms with Crippen molar-refractivity contribution in [3.63, 3.8) is 0 Å². The molecule has 0 saturated heterocycles. The summed E-state index contributed by atoms with van der Waals surface area (Å²) in [4.78, 5) is 39.5. The maximum Gasteiger partial charge on any atom is 0.308 e. The summed E-state index contributed by atoms with van der Waals surface area (Å²) in [5.74, 6) is -2.43. The van der Waals surface area contributed by atoms with Gasteiger partial charge in [-0.3, -0.25) is 14.4 Å². The number of hydrogen-bond acceptors (Lipinski definition) is 6. The van der Waals surface area contributed by atoms with E-state index in [4.69, 9.17) is 10.2 Å². The number of carbonyl (C=O) groups excluding carboxylic acids is 2. The minimum absolute atomic E-state index is 0.0739. The van der Waals surface area contributed by atoms with Gasteiger partial charge in [-0.1, -0.05) is 6.42 Å². The second kappa shape index (κ2) is 8.44. The third-order valence-corrected chi connectivity index (χ3v) is 4.14. The van der Waals surface area contributed by atoms with Crippen molar-refractivity contribution in [3.8, 4) is 0 Å². The Kier molecular flexibility index (Phi) is 6.30. The van der Waals surface area contributed by atoms with Crippen LogP contribution in [-0.2, 0) is 9.59 Å². The van der Waals surface area contributed by atoms with E-state index in [1.807, 2.05) is 0 Å². The number of nitrogens with zero attached hydrogens (tertiary/aromatic N) is 1. The van der Waals surface area contributed by atoms with E-state index < -0.39 is 35.8 Å². The lowest BCUT2D eigenvalue weighted by Gasteiger charge is -2.22. The molecule has 0 aliphatic heterocycles. The lowest BCUT2D eigenvalue weighted by molar-refractivity contribution is -0.142. The van der Waals surface area contributed by atoms with Crippen LogP contribution >= 0.6 is 0 Å². The fraction of sp³-hybridized carbons (Fsp3) is 0.600. The molecule has 1 aliphatic rings. The third kappa shape index (κ3) is 4.54. The van der Waals surface area contributed by atoms with E-state index in [0.29, 0.717) is 32.2 Å². The third-order valence-electron chi connectivity index (χ3n) is 4.14. The van der Waals surface area contributed by atoms with Crippen molar-refractivity contribution in [3.05, 3.63) is 18.4 Å². The number of rotatable bonds is 8. The molecule has 0 unspecified atom stereocenters. The first kappa shape index (κ1) is 17.9. The standard InChI is InChI=1S/C15H22N4O5/c16-6-2-5-11(19-14(21)12-7-24-8-17-12)13(20)18-10-4-1-3-9(10)15(22)23/h7-11H,1-6,16H2,(H,18,20)(H,19,21)(H,22,23)/t9-,10+,11+/m1/s1. The van der Waals surface area contributed by atoms with E-state index in [1.165, 1.54) is 6.26 Å². The van der Waals surface area contributed by atoms with Crippen molar-refractivity contribution in [2.24, 2.45) is 11.7 Å². The number of nitrogens with one attached hydrogen (secondary N) is 2. The number of aliphatic carboxylic acids is 1. The zero-order valence-electron chi connectivity index (χ0n) is 13.2. The highest BCUT2D eigenvalue weighted by atomic mass is 16.4. The maximum absolute atomic E-state index is 12.5. The fourth-order valence-electron chi connectivity index (χ4n) is 2.86. The highest BCUT2D eigenvalue weighted by molar-refractivity contribution is 5.95. The number of carboxylic acids is 1. The van der Waals surface area contributed by atoms with Crippen LogP contribution < -0.4 is 16.4 Å². The quantitative estimate of drug-likeness (QED) is 0.516. The summed E-state index contributed by atoms with van der Waals surface area (Å²) in [6, 6.07) is -1.22. The van der Waals surface area contributed by atoms with Crippen LogP contribution in [-0.4, -0.2) is 46.5 Å². The van der Waals surface area contributed by atoms with Crippen LogP contribution in [0.4, 0.5) is 0 Å². The van der Waals surface area contributed by atoms with Gasteiger partial charge in [0, 0.05) is 6.04 Å². The van der Waals surface area contributed by atoms with Crippen LogP contribution in [0, 0.1) is 5.92 Å². The molecule has 2 amide bonds. The van der Waals surface area contributed by atoms with Gasteiger partial charge in [-0.05, 0) is 32.2 Å². The monoisotopic (exact) mass is 338 g/mol. The number of amides is 2. The highest BCUT2D eigenvalue weighted by Gasteiger charge is 2.35. The normalized spacial score (nSPS) is 21.2. The van der Waals surface area contributed by atoms with Crippen molar-refractivity contribution in [2.75, 3.05) is 6.54 Å². The lowest BCUT2D eigenvalue weighted by Crippen LogP contribution is -2.51. The van der Waals surface area contributed by atoms with Crippen molar-refractivity contribution < 1.29 is 23.9 Å². The molecule has 5 N–H and O–H groups in total. The first-order chi connectivity index (χ1) is 11.5. The van der Waals surface area contributed by atoms with Crippen LogP contribution in [0.5, 0.6) is 0 Å². The second-order valence-corrected chi connectivity index (χ2v) is 5.82. The molecule has 0 aromatic carbocycles.